The van der Waals surface area contributed by atoms with E-state index in [-0.39, 0.29) is 11.6 Å². The lowest BCUT2D eigenvalue weighted by molar-refractivity contribution is -0.129. The molecule has 0 unspecified atom stereocenters. The van der Waals surface area contributed by atoms with Crippen molar-refractivity contribution in [3.8, 4) is 11.5 Å². The van der Waals surface area contributed by atoms with E-state index in [1.54, 1.807) is 43.5 Å². The van der Waals surface area contributed by atoms with Crippen molar-refractivity contribution in [3.63, 3.8) is 0 Å². The third-order valence-corrected chi connectivity index (χ3v) is 4.28. The molecule has 3 rings (SSSR count). The van der Waals surface area contributed by atoms with Gasteiger partial charge in [0.15, 0.2) is 17.2 Å². The van der Waals surface area contributed by atoms with Crippen LogP contribution in [0.4, 0.5) is 0 Å². The maximum Gasteiger partial charge on any atom is 0.363 e. The molecule has 0 spiro atoms. The van der Waals surface area contributed by atoms with E-state index < -0.39 is 5.97 Å². The molecule has 0 bridgehead atoms. The Hall–Kier alpha value is -2.50. The average Bonchev–Trinajstić information content (AvgIpc) is 3.00. The quantitative estimate of drug-likeness (QED) is 0.493. The van der Waals surface area contributed by atoms with Gasteiger partial charge < -0.3 is 14.2 Å². The van der Waals surface area contributed by atoms with Gasteiger partial charge in [-0.2, -0.15) is 0 Å². The molecule has 27 heavy (non-hydrogen) atoms. The molecule has 0 saturated heterocycles. The van der Waals surface area contributed by atoms with Crippen molar-refractivity contribution in [3.05, 3.63) is 63.3 Å². The Balaban J connectivity index is 1.90. The molecule has 0 aliphatic carbocycles. The summed E-state index contributed by atoms with van der Waals surface area (Å²) in [5.41, 5.74) is 1.40. The summed E-state index contributed by atoms with van der Waals surface area (Å²) in [7, 11) is 1.56. The van der Waals surface area contributed by atoms with Gasteiger partial charge in [-0.1, -0.05) is 36.2 Å². The van der Waals surface area contributed by atoms with Crippen LogP contribution in [0.1, 0.15) is 24.5 Å². The average molecular weight is 406 g/mol. The van der Waals surface area contributed by atoms with Gasteiger partial charge >= 0.3 is 5.97 Å². The number of halogens is 2. The Morgan fingerprint density at radius 3 is 2.67 bits per heavy atom. The van der Waals surface area contributed by atoms with Crippen molar-refractivity contribution in [2.45, 2.75) is 13.3 Å². The van der Waals surface area contributed by atoms with E-state index in [1.165, 1.54) is 0 Å². The summed E-state index contributed by atoms with van der Waals surface area (Å²) in [5, 5.41) is 0.844. The molecule has 0 fully saturated rings. The highest BCUT2D eigenvalue weighted by molar-refractivity contribution is 6.37. The maximum absolute atomic E-state index is 12.2. The summed E-state index contributed by atoms with van der Waals surface area (Å²) in [5.74, 6) is 0.811. The van der Waals surface area contributed by atoms with Gasteiger partial charge in [-0.25, -0.2) is 9.79 Å². The summed E-state index contributed by atoms with van der Waals surface area (Å²) in [6, 6.07) is 10.3. The van der Waals surface area contributed by atoms with Gasteiger partial charge in [0.2, 0.25) is 5.90 Å². The zero-order valence-corrected chi connectivity index (χ0v) is 16.3. The van der Waals surface area contributed by atoms with E-state index in [9.17, 15) is 4.79 Å². The monoisotopic (exact) mass is 405 g/mol. The molecule has 2 aromatic rings. The Labute approximate surface area is 167 Å². The second kappa shape index (κ2) is 8.46. The van der Waals surface area contributed by atoms with Gasteiger partial charge in [-0.05, 0) is 48.4 Å². The minimum Gasteiger partial charge on any atom is -0.493 e. The molecular weight excluding hydrogens is 389 g/mol. The molecule has 140 valence electrons. The largest absolute Gasteiger partial charge is 0.493 e. The Bertz CT molecular complexity index is 938. The first kappa shape index (κ1) is 19.3. The first-order valence-electron chi connectivity index (χ1n) is 8.30. The second-order valence-corrected chi connectivity index (χ2v) is 6.56. The molecule has 7 heteroatoms. The van der Waals surface area contributed by atoms with E-state index >= 15 is 0 Å². The number of benzene rings is 2. The zero-order chi connectivity index (χ0) is 19.4. The van der Waals surface area contributed by atoms with Crippen LogP contribution in [0.25, 0.3) is 6.08 Å². The smallest absolute Gasteiger partial charge is 0.363 e. The van der Waals surface area contributed by atoms with Crippen molar-refractivity contribution in [1.82, 2.24) is 0 Å². The van der Waals surface area contributed by atoms with Gasteiger partial charge in [0.1, 0.15) is 0 Å². The van der Waals surface area contributed by atoms with Crippen LogP contribution in [0.3, 0.4) is 0 Å². The summed E-state index contributed by atoms with van der Waals surface area (Å²) in [6.45, 7) is 2.62. The van der Waals surface area contributed by atoms with Crippen LogP contribution < -0.4 is 9.47 Å². The Morgan fingerprint density at radius 1 is 1.15 bits per heavy atom. The molecule has 1 aliphatic rings. The number of carbonyl (C=O) groups is 1. The van der Waals surface area contributed by atoms with Crippen LogP contribution in [0.5, 0.6) is 11.5 Å². The summed E-state index contributed by atoms with van der Waals surface area (Å²) in [6.07, 6.45) is 2.51. The summed E-state index contributed by atoms with van der Waals surface area (Å²) >= 11 is 12.1. The van der Waals surface area contributed by atoms with Crippen LogP contribution >= 0.6 is 23.2 Å². The first-order valence-corrected chi connectivity index (χ1v) is 9.06. The van der Waals surface area contributed by atoms with Crippen molar-refractivity contribution < 1.29 is 19.0 Å². The van der Waals surface area contributed by atoms with Gasteiger partial charge in [0.25, 0.3) is 0 Å². The lowest BCUT2D eigenvalue weighted by atomic mass is 10.1. The predicted molar refractivity (Wildman–Crippen MR) is 106 cm³/mol. The highest BCUT2D eigenvalue weighted by Gasteiger charge is 2.25. The number of hydrogen-bond acceptors (Lipinski definition) is 5. The third-order valence-electron chi connectivity index (χ3n) is 3.73. The van der Waals surface area contributed by atoms with Crippen LogP contribution in [0.15, 0.2) is 47.1 Å². The topological polar surface area (TPSA) is 57.1 Å². The molecule has 2 aromatic carbocycles. The summed E-state index contributed by atoms with van der Waals surface area (Å²) < 4.78 is 16.2. The molecule has 0 saturated carbocycles. The Morgan fingerprint density at radius 2 is 1.96 bits per heavy atom. The normalized spacial score (nSPS) is 14.9. The number of cyclic esters (lactones) is 1. The number of hydrogen-bond donors (Lipinski definition) is 0. The Kier molecular flexibility index (Phi) is 6.04. The molecular formula is C20H17Cl2NO4. The molecule has 1 aliphatic heterocycles. The van der Waals surface area contributed by atoms with E-state index in [0.717, 1.165) is 12.0 Å². The van der Waals surface area contributed by atoms with Gasteiger partial charge in [0.05, 0.1) is 24.3 Å². The minimum atomic E-state index is -0.554. The van der Waals surface area contributed by atoms with Crippen molar-refractivity contribution >= 4 is 41.1 Å². The summed E-state index contributed by atoms with van der Waals surface area (Å²) in [4.78, 5) is 16.4. The second-order valence-electron chi connectivity index (χ2n) is 5.72. The van der Waals surface area contributed by atoms with E-state index in [2.05, 4.69) is 4.99 Å². The molecule has 0 aromatic heterocycles. The number of carbonyl (C=O) groups excluding carboxylic acids is 1. The lowest BCUT2D eigenvalue weighted by Crippen LogP contribution is -2.05. The number of nitrogens with zero attached hydrogens (tertiary/aromatic N) is 1. The highest BCUT2D eigenvalue weighted by atomic mass is 35.5. The molecule has 0 amide bonds. The van der Waals surface area contributed by atoms with Crippen LogP contribution in [0, 0.1) is 0 Å². The lowest BCUT2D eigenvalue weighted by Gasteiger charge is -2.10. The predicted octanol–water partition coefficient (Wildman–Crippen LogP) is 5.14. The fourth-order valence-corrected chi connectivity index (χ4v) is 2.94. The van der Waals surface area contributed by atoms with E-state index in [4.69, 9.17) is 37.4 Å². The standard InChI is InChI=1S/C20H17Cl2NO4/c1-3-8-26-17-7-4-12(10-18(17)25-2)9-16-20(24)27-19(23-16)14-6-5-13(21)11-15(14)22/h4-7,9-11H,3,8H2,1-2H3. The van der Waals surface area contributed by atoms with Crippen LogP contribution in [-0.2, 0) is 9.53 Å². The van der Waals surface area contributed by atoms with Gasteiger partial charge in [-0.15, -0.1) is 0 Å². The first-order chi connectivity index (χ1) is 13.0. The van der Waals surface area contributed by atoms with E-state index in [0.29, 0.717) is 33.7 Å². The number of methoxy groups -OCH3 is 1. The number of esters is 1. The third kappa shape index (κ3) is 4.43. The van der Waals surface area contributed by atoms with Crippen molar-refractivity contribution in [2.24, 2.45) is 4.99 Å². The number of rotatable bonds is 6. The number of ether oxygens (including phenoxy) is 3. The van der Waals surface area contributed by atoms with Crippen LogP contribution in [0.2, 0.25) is 10.0 Å². The molecule has 0 radical (unpaired) electrons. The highest BCUT2D eigenvalue weighted by Crippen LogP contribution is 2.30. The SMILES string of the molecule is CCCOc1ccc(C=C2N=C(c3ccc(Cl)cc3Cl)OC2=O)cc1OC. The maximum atomic E-state index is 12.2. The van der Waals surface area contributed by atoms with E-state index in [1.807, 2.05) is 13.0 Å². The number of aliphatic imine (C=N–C) groups is 1. The fourth-order valence-electron chi connectivity index (χ4n) is 2.45. The molecule has 5 nitrogen and oxygen atoms in total. The van der Waals surface area contributed by atoms with Crippen molar-refractivity contribution in [1.29, 1.82) is 0 Å². The molecule has 0 N–H and O–H groups in total. The molecule has 1 heterocycles. The van der Waals surface area contributed by atoms with Crippen molar-refractivity contribution in [2.75, 3.05) is 13.7 Å². The van der Waals surface area contributed by atoms with Gasteiger partial charge in [0, 0.05) is 5.02 Å². The minimum absolute atomic E-state index is 0.141. The fraction of sp³-hybridized carbons (Fsp3) is 0.200. The molecule has 0 atom stereocenters. The van der Waals surface area contributed by atoms with Crippen LogP contribution in [-0.4, -0.2) is 25.6 Å². The van der Waals surface area contributed by atoms with Gasteiger partial charge in [-0.3, -0.25) is 0 Å². The zero-order valence-electron chi connectivity index (χ0n) is 14.8.